The second-order valence-corrected chi connectivity index (χ2v) is 10.4. The van der Waals surface area contributed by atoms with Crippen LogP contribution in [0.5, 0.6) is 0 Å². The maximum atomic E-state index is 13.2. The molecule has 2 aromatic rings. The molecule has 2 aliphatic heterocycles. The fourth-order valence-electron chi connectivity index (χ4n) is 5.92. The topological polar surface area (TPSA) is 40.6 Å². The van der Waals surface area contributed by atoms with Crippen LogP contribution in [0.15, 0.2) is 72.8 Å². The first-order valence-corrected chi connectivity index (χ1v) is 12.9. The first-order valence-electron chi connectivity index (χ1n) is 12.9. The Bertz CT molecular complexity index is 921. The Hall–Kier alpha value is -2.88. The van der Waals surface area contributed by atoms with E-state index in [9.17, 15) is 9.59 Å². The average Bonchev–Trinajstić information content (AvgIpc) is 3.56. The van der Waals surface area contributed by atoms with Crippen LogP contribution in [0, 0.1) is 23.7 Å². The van der Waals surface area contributed by atoms with Crippen LogP contribution in [-0.2, 0) is 22.4 Å². The molecule has 4 heteroatoms. The van der Waals surface area contributed by atoms with E-state index in [4.69, 9.17) is 0 Å². The van der Waals surface area contributed by atoms with Crippen LogP contribution in [0.4, 0.5) is 0 Å². The summed E-state index contributed by atoms with van der Waals surface area (Å²) in [5.74, 6) is 0.924. The van der Waals surface area contributed by atoms with Crippen molar-refractivity contribution in [1.82, 2.24) is 9.80 Å². The van der Waals surface area contributed by atoms with Crippen molar-refractivity contribution in [1.29, 1.82) is 0 Å². The standard InChI is InChI=1S/C30H36N2O2/c1-22-27(29(33)31-16-12-25(13-17-31)20-23-8-4-2-5-9-23)28(22)30(34)32-18-14-26(15-19-32)21-24-10-6-3-7-11-24/h2-11,25-28H,1,12-21H2/t27-,28-/m1/s1. The highest BCUT2D eigenvalue weighted by Crippen LogP contribution is 2.47. The van der Waals surface area contributed by atoms with Gasteiger partial charge in [-0.2, -0.15) is 0 Å². The molecule has 5 rings (SSSR count). The lowest BCUT2D eigenvalue weighted by atomic mass is 9.90. The molecule has 178 valence electrons. The van der Waals surface area contributed by atoms with Crippen molar-refractivity contribution in [2.75, 3.05) is 26.2 Å². The van der Waals surface area contributed by atoms with Gasteiger partial charge >= 0.3 is 0 Å². The van der Waals surface area contributed by atoms with Crippen molar-refractivity contribution in [3.05, 3.63) is 83.9 Å². The molecule has 4 nitrogen and oxygen atoms in total. The summed E-state index contributed by atoms with van der Waals surface area (Å²) in [5, 5.41) is 0. The molecule has 0 radical (unpaired) electrons. The van der Waals surface area contributed by atoms with Gasteiger partial charge in [0.25, 0.3) is 0 Å². The molecular weight excluding hydrogens is 420 g/mol. The van der Waals surface area contributed by atoms with E-state index in [0.29, 0.717) is 11.8 Å². The highest BCUT2D eigenvalue weighted by molar-refractivity contribution is 5.99. The van der Waals surface area contributed by atoms with Gasteiger partial charge in [-0.05, 0) is 61.5 Å². The normalized spacial score (nSPS) is 23.7. The summed E-state index contributed by atoms with van der Waals surface area (Å²) in [6, 6.07) is 21.2. The Kier molecular flexibility index (Phi) is 6.85. The lowest BCUT2D eigenvalue weighted by Gasteiger charge is -2.33. The van der Waals surface area contributed by atoms with Gasteiger partial charge in [0.2, 0.25) is 11.8 Å². The van der Waals surface area contributed by atoms with Crippen molar-refractivity contribution in [2.45, 2.75) is 38.5 Å². The fraction of sp³-hybridized carbons (Fsp3) is 0.467. The summed E-state index contributed by atoms with van der Waals surface area (Å²) < 4.78 is 0. The monoisotopic (exact) mass is 456 g/mol. The zero-order valence-corrected chi connectivity index (χ0v) is 20.1. The largest absolute Gasteiger partial charge is 0.342 e. The Morgan fingerprint density at radius 3 is 1.35 bits per heavy atom. The molecule has 0 N–H and O–H groups in total. The van der Waals surface area contributed by atoms with E-state index in [1.165, 1.54) is 11.1 Å². The molecule has 1 saturated carbocycles. The summed E-state index contributed by atoms with van der Waals surface area (Å²) in [6.07, 6.45) is 6.31. The third-order valence-corrected chi connectivity index (χ3v) is 8.14. The quantitative estimate of drug-likeness (QED) is 0.589. The number of amides is 2. The molecule has 2 heterocycles. The molecule has 0 spiro atoms. The minimum Gasteiger partial charge on any atom is -0.342 e. The van der Waals surface area contributed by atoms with Crippen LogP contribution in [0.2, 0.25) is 0 Å². The first kappa shape index (κ1) is 22.9. The minimum absolute atomic E-state index is 0.125. The number of piperidine rings is 2. The lowest BCUT2D eigenvalue weighted by molar-refractivity contribution is -0.139. The van der Waals surface area contributed by atoms with E-state index in [0.717, 1.165) is 70.3 Å². The van der Waals surface area contributed by atoms with E-state index in [1.807, 2.05) is 9.80 Å². The van der Waals surface area contributed by atoms with Crippen molar-refractivity contribution < 1.29 is 9.59 Å². The van der Waals surface area contributed by atoms with Crippen LogP contribution in [0.3, 0.4) is 0 Å². The smallest absolute Gasteiger partial charge is 0.230 e. The summed E-state index contributed by atoms with van der Waals surface area (Å²) in [5.41, 5.74) is 3.58. The SMILES string of the molecule is C=C1[C@@H](C(=O)N2CCC(Cc3ccccc3)CC2)[C@@H]1C(=O)N1CCC(Cc2ccccc2)CC1. The van der Waals surface area contributed by atoms with Crippen molar-refractivity contribution in [3.63, 3.8) is 0 Å². The van der Waals surface area contributed by atoms with E-state index in [-0.39, 0.29) is 23.7 Å². The molecule has 0 aromatic heterocycles. The molecule has 1 aliphatic carbocycles. The van der Waals surface area contributed by atoms with Gasteiger partial charge in [0, 0.05) is 26.2 Å². The number of benzene rings is 2. The first-order chi connectivity index (χ1) is 16.6. The number of nitrogens with zero attached hydrogens (tertiary/aromatic N) is 2. The van der Waals surface area contributed by atoms with Gasteiger partial charge in [-0.1, -0.05) is 72.8 Å². The van der Waals surface area contributed by atoms with E-state index in [2.05, 4.69) is 67.2 Å². The molecule has 3 aliphatic rings. The molecule has 2 aromatic carbocycles. The van der Waals surface area contributed by atoms with Crippen molar-refractivity contribution in [2.24, 2.45) is 23.7 Å². The second kappa shape index (κ2) is 10.2. The van der Waals surface area contributed by atoms with Crippen LogP contribution in [0.1, 0.15) is 36.8 Å². The zero-order valence-electron chi connectivity index (χ0n) is 20.1. The van der Waals surface area contributed by atoms with Crippen LogP contribution in [-0.4, -0.2) is 47.8 Å². The van der Waals surface area contributed by atoms with Gasteiger partial charge in [-0.25, -0.2) is 0 Å². The number of carbonyl (C=O) groups excluding carboxylic acids is 2. The van der Waals surface area contributed by atoms with Crippen LogP contribution < -0.4 is 0 Å². The highest BCUT2D eigenvalue weighted by atomic mass is 16.2. The summed E-state index contributed by atoms with van der Waals surface area (Å²) in [4.78, 5) is 30.3. The van der Waals surface area contributed by atoms with Crippen molar-refractivity contribution >= 4 is 11.8 Å². The molecule has 0 unspecified atom stereocenters. The summed E-state index contributed by atoms with van der Waals surface area (Å²) in [6.45, 7) is 7.30. The average molecular weight is 457 g/mol. The number of likely N-dealkylation sites (tertiary alicyclic amines) is 2. The third kappa shape index (κ3) is 5.11. The maximum Gasteiger partial charge on any atom is 0.230 e. The van der Waals surface area contributed by atoms with Gasteiger partial charge in [0.1, 0.15) is 0 Å². The number of rotatable bonds is 6. The third-order valence-electron chi connectivity index (χ3n) is 8.14. The Balaban J connectivity index is 1.08. The number of carbonyl (C=O) groups is 2. The van der Waals surface area contributed by atoms with Crippen LogP contribution in [0.25, 0.3) is 0 Å². The minimum atomic E-state index is -0.291. The predicted octanol–water partition coefficient (Wildman–Crippen LogP) is 4.75. The summed E-state index contributed by atoms with van der Waals surface area (Å²) >= 11 is 0. The number of hydrogen-bond acceptors (Lipinski definition) is 2. The van der Waals surface area contributed by atoms with Crippen LogP contribution >= 0.6 is 0 Å². The Morgan fingerprint density at radius 1 is 0.647 bits per heavy atom. The summed E-state index contributed by atoms with van der Waals surface area (Å²) in [7, 11) is 0. The van der Waals surface area contributed by atoms with Gasteiger partial charge in [-0.15, -0.1) is 0 Å². The maximum absolute atomic E-state index is 13.2. The molecular formula is C30H36N2O2. The molecule has 3 fully saturated rings. The fourth-order valence-corrected chi connectivity index (χ4v) is 5.92. The zero-order chi connectivity index (χ0) is 23.5. The van der Waals surface area contributed by atoms with Gasteiger partial charge in [-0.3, -0.25) is 9.59 Å². The van der Waals surface area contributed by atoms with Gasteiger partial charge in [0.15, 0.2) is 0 Å². The van der Waals surface area contributed by atoms with Gasteiger partial charge in [0.05, 0.1) is 11.8 Å². The molecule has 0 bridgehead atoms. The van der Waals surface area contributed by atoms with E-state index >= 15 is 0 Å². The Morgan fingerprint density at radius 2 is 1.00 bits per heavy atom. The second-order valence-electron chi connectivity index (χ2n) is 10.4. The molecule has 2 saturated heterocycles. The van der Waals surface area contributed by atoms with E-state index < -0.39 is 0 Å². The molecule has 2 atom stereocenters. The lowest BCUT2D eigenvalue weighted by Crippen LogP contribution is -2.42. The predicted molar refractivity (Wildman–Crippen MR) is 135 cm³/mol. The van der Waals surface area contributed by atoms with Gasteiger partial charge < -0.3 is 9.80 Å². The van der Waals surface area contributed by atoms with Crippen molar-refractivity contribution in [3.8, 4) is 0 Å². The number of hydrogen-bond donors (Lipinski definition) is 0. The molecule has 34 heavy (non-hydrogen) atoms. The highest BCUT2D eigenvalue weighted by Gasteiger charge is 2.55. The van der Waals surface area contributed by atoms with E-state index in [1.54, 1.807) is 0 Å². The molecule has 2 amide bonds. The Labute approximate surface area is 203 Å².